The molecule has 0 amide bonds. The standard InChI is InChI=1S/C9H13N2.K/c1-8-3-2-4-9(7-8)5-6-11-10;/h2-4,7H,5-6,10H2,1H3;/q-1;+1. The van der Waals surface area contributed by atoms with Gasteiger partial charge in [0.1, 0.15) is 0 Å². The zero-order valence-electron chi connectivity index (χ0n) is 7.75. The Morgan fingerprint density at radius 1 is 1.42 bits per heavy atom. The molecule has 0 aromatic heterocycles. The molecule has 0 unspecified atom stereocenters. The first-order valence-corrected chi connectivity index (χ1v) is 3.75. The van der Waals surface area contributed by atoms with Crippen molar-refractivity contribution < 1.29 is 51.4 Å². The van der Waals surface area contributed by atoms with Crippen molar-refractivity contribution in [3.63, 3.8) is 0 Å². The summed E-state index contributed by atoms with van der Waals surface area (Å²) in [6.07, 6.45) is 0.943. The van der Waals surface area contributed by atoms with Crippen LogP contribution >= 0.6 is 0 Å². The topological polar surface area (TPSA) is 40.1 Å². The second-order valence-corrected chi connectivity index (χ2v) is 2.65. The molecule has 0 radical (unpaired) electrons. The number of rotatable bonds is 3. The SMILES string of the molecule is Cc1cccc(CC[N-]N)c1.[K+]. The number of hydrogen-bond donors (Lipinski definition) is 1. The third-order valence-corrected chi connectivity index (χ3v) is 1.61. The van der Waals surface area contributed by atoms with E-state index in [1.807, 2.05) is 0 Å². The van der Waals surface area contributed by atoms with Crippen LogP contribution in [-0.2, 0) is 6.42 Å². The van der Waals surface area contributed by atoms with Crippen LogP contribution in [0.3, 0.4) is 0 Å². The summed E-state index contributed by atoms with van der Waals surface area (Å²) >= 11 is 0. The molecule has 1 aromatic carbocycles. The van der Waals surface area contributed by atoms with Gasteiger partial charge in [0, 0.05) is 0 Å². The van der Waals surface area contributed by atoms with Crippen molar-refractivity contribution in [3.8, 4) is 0 Å². The Bertz CT molecular complexity index is 226. The second-order valence-electron chi connectivity index (χ2n) is 2.65. The minimum absolute atomic E-state index is 0. The third-order valence-electron chi connectivity index (χ3n) is 1.61. The molecule has 1 aromatic rings. The molecular weight excluding hydrogens is 175 g/mol. The summed E-state index contributed by atoms with van der Waals surface area (Å²) in [5.74, 6) is 5.04. The Labute approximate surface area is 116 Å². The first-order chi connectivity index (χ1) is 5.33. The Morgan fingerprint density at radius 3 is 2.75 bits per heavy atom. The van der Waals surface area contributed by atoms with E-state index in [9.17, 15) is 0 Å². The summed E-state index contributed by atoms with van der Waals surface area (Å²) in [6.45, 7) is 2.80. The monoisotopic (exact) mass is 188 g/mol. The molecule has 2 N–H and O–H groups in total. The summed E-state index contributed by atoms with van der Waals surface area (Å²) in [5, 5.41) is 0. The fourth-order valence-corrected chi connectivity index (χ4v) is 1.06. The molecular formula is C9H13KN2. The smallest absolute Gasteiger partial charge is 0.600 e. The number of nitrogens with two attached hydrogens (primary N) is 1. The Balaban J connectivity index is 0.00000121. The molecule has 0 aliphatic rings. The minimum Gasteiger partial charge on any atom is -0.600 e. The van der Waals surface area contributed by atoms with Crippen molar-refractivity contribution in [2.24, 2.45) is 5.84 Å². The Kier molecular flexibility index (Phi) is 7.67. The molecule has 0 saturated heterocycles. The van der Waals surface area contributed by atoms with E-state index in [1.54, 1.807) is 0 Å². The number of aryl methyl sites for hydroxylation is 1. The summed E-state index contributed by atoms with van der Waals surface area (Å²) in [7, 11) is 0. The predicted molar refractivity (Wildman–Crippen MR) is 47.3 cm³/mol. The first kappa shape index (κ1) is 12.8. The first-order valence-electron chi connectivity index (χ1n) is 3.75. The van der Waals surface area contributed by atoms with Gasteiger partial charge in [-0.2, -0.15) is 0 Å². The third kappa shape index (κ3) is 4.72. The summed E-state index contributed by atoms with van der Waals surface area (Å²) in [6, 6.07) is 8.40. The van der Waals surface area contributed by atoms with Gasteiger partial charge in [0.05, 0.1) is 0 Å². The minimum atomic E-state index is 0. The van der Waals surface area contributed by atoms with Crippen LogP contribution in [0.5, 0.6) is 0 Å². The van der Waals surface area contributed by atoms with E-state index in [-0.39, 0.29) is 51.4 Å². The second kappa shape index (κ2) is 7.21. The molecule has 3 heteroatoms. The average Bonchev–Trinajstić information content (AvgIpc) is 2.01. The summed E-state index contributed by atoms with van der Waals surface area (Å²) in [4.78, 5) is 0. The predicted octanol–water partition coefficient (Wildman–Crippen LogP) is -1.21. The van der Waals surface area contributed by atoms with Crippen molar-refractivity contribution in [2.45, 2.75) is 13.3 Å². The number of nitrogens with zero attached hydrogens (tertiary/aromatic N) is 1. The largest absolute Gasteiger partial charge is 1.00 e. The van der Waals surface area contributed by atoms with Gasteiger partial charge in [-0.05, 0) is 18.9 Å². The molecule has 60 valence electrons. The molecule has 12 heavy (non-hydrogen) atoms. The van der Waals surface area contributed by atoms with Crippen molar-refractivity contribution in [1.82, 2.24) is 0 Å². The van der Waals surface area contributed by atoms with Gasteiger partial charge >= 0.3 is 51.4 Å². The van der Waals surface area contributed by atoms with Crippen LogP contribution in [0.2, 0.25) is 0 Å². The van der Waals surface area contributed by atoms with Crippen molar-refractivity contribution in [3.05, 3.63) is 40.8 Å². The normalized spacial score (nSPS) is 9.17. The fraction of sp³-hybridized carbons (Fsp3) is 0.333. The van der Waals surface area contributed by atoms with Crippen LogP contribution < -0.4 is 57.2 Å². The Hall–Kier alpha value is 0.776. The number of benzene rings is 1. The maximum atomic E-state index is 5.04. The van der Waals surface area contributed by atoms with E-state index in [4.69, 9.17) is 5.84 Å². The van der Waals surface area contributed by atoms with Gasteiger partial charge < -0.3 is 11.3 Å². The van der Waals surface area contributed by atoms with Crippen molar-refractivity contribution >= 4 is 0 Å². The van der Waals surface area contributed by atoms with Crippen LogP contribution in [0, 0.1) is 6.92 Å². The fourth-order valence-electron chi connectivity index (χ4n) is 1.06. The quantitative estimate of drug-likeness (QED) is 0.361. The maximum Gasteiger partial charge on any atom is 1.00 e. The van der Waals surface area contributed by atoms with Gasteiger partial charge in [0.15, 0.2) is 0 Å². The van der Waals surface area contributed by atoms with E-state index >= 15 is 0 Å². The molecule has 0 aliphatic carbocycles. The van der Waals surface area contributed by atoms with Crippen molar-refractivity contribution in [1.29, 1.82) is 0 Å². The molecule has 0 heterocycles. The molecule has 0 fully saturated rings. The van der Waals surface area contributed by atoms with Crippen molar-refractivity contribution in [2.75, 3.05) is 6.54 Å². The van der Waals surface area contributed by atoms with Gasteiger partial charge in [0.2, 0.25) is 0 Å². The van der Waals surface area contributed by atoms with E-state index in [1.165, 1.54) is 11.1 Å². The van der Waals surface area contributed by atoms with Gasteiger partial charge in [-0.15, -0.1) is 6.54 Å². The van der Waals surface area contributed by atoms with Gasteiger partial charge in [-0.1, -0.05) is 29.8 Å². The van der Waals surface area contributed by atoms with Crippen LogP contribution in [0.1, 0.15) is 11.1 Å². The van der Waals surface area contributed by atoms with E-state index in [0.717, 1.165) is 6.42 Å². The van der Waals surface area contributed by atoms with Gasteiger partial charge in [-0.3, -0.25) is 0 Å². The van der Waals surface area contributed by atoms with Crippen LogP contribution in [-0.4, -0.2) is 6.54 Å². The zero-order valence-corrected chi connectivity index (χ0v) is 10.9. The van der Waals surface area contributed by atoms with E-state index < -0.39 is 0 Å². The maximum absolute atomic E-state index is 5.04. The number of hydrogen-bond acceptors (Lipinski definition) is 1. The van der Waals surface area contributed by atoms with Gasteiger partial charge in [-0.25, -0.2) is 0 Å². The Morgan fingerprint density at radius 2 is 2.17 bits per heavy atom. The molecule has 0 aliphatic heterocycles. The van der Waals surface area contributed by atoms with Crippen LogP contribution in [0.4, 0.5) is 0 Å². The molecule has 2 nitrogen and oxygen atoms in total. The zero-order chi connectivity index (χ0) is 8.10. The van der Waals surface area contributed by atoms with Crippen LogP contribution in [0.25, 0.3) is 5.43 Å². The van der Waals surface area contributed by atoms with Crippen LogP contribution in [0.15, 0.2) is 24.3 Å². The van der Waals surface area contributed by atoms with Gasteiger partial charge in [0.25, 0.3) is 0 Å². The van der Waals surface area contributed by atoms with E-state index in [2.05, 4.69) is 36.6 Å². The van der Waals surface area contributed by atoms with E-state index in [0.29, 0.717) is 6.54 Å². The summed E-state index contributed by atoms with van der Waals surface area (Å²) in [5.41, 5.74) is 6.16. The summed E-state index contributed by atoms with van der Waals surface area (Å²) < 4.78 is 0. The molecule has 0 saturated carbocycles. The average molecular weight is 188 g/mol. The molecule has 0 atom stereocenters. The molecule has 1 rings (SSSR count). The molecule has 0 bridgehead atoms. The molecule has 0 spiro atoms.